The van der Waals surface area contributed by atoms with Gasteiger partial charge in [-0.05, 0) is 106 Å². The topological polar surface area (TPSA) is 43.8 Å². The van der Waals surface area contributed by atoms with Crippen molar-refractivity contribution in [3.05, 3.63) is 11.6 Å². The first-order valence-corrected chi connectivity index (χ1v) is 13.4. The molecule has 1 amide bonds. The van der Waals surface area contributed by atoms with Crippen LogP contribution < -0.4 is 0 Å². The molecule has 1 spiro atoms. The molecule has 4 fully saturated rings. The summed E-state index contributed by atoms with van der Waals surface area (Å²) < 4.78 is 0. The molecule has 0 bridgehead atoms. The summed E-state index contributed by atoms with van der Waals surface area (Å²) in [6.45, 7) is 10.2. The van der Waals surface area contributed by atoms with Crippen LogP contribution in [0.15, 0.2) is 11.6 Å². The highest BCUT2D eigenvalue weighted by molar-refractivity contribution is 5.81. The molecule has 0 aromatic rings. The third-order valence-electron chi connectivity index (χ3n) is 11.5. The molecule has 1 aliphatic heterocycles. The number of aliphatic hydroxyl groups excluding tert-OH is 1. The lowest BCUT2D eigenvalue weighted by Crippen LogP contribution is -2.53. The lowest BCUT2D eigenvalue weighted by molar-refractivity contribution is -0.144. The summed E-state index contributed by atoms with van der Waals surface area (Å²) in [6.07, 6.45) is 12.0. The Morgan fingerprint density at radius 2 is 1.88 bits per heavy atom. The molecule has 3 saturated carbocycles. The van der Waals surface area contributed by atoms with Crippen molar-refractivity contribution in [2.45, 2.75) is 97.2 Å². The molecule has 4 nitrogen and oxygen atoms in total. The maximum absolute atomic E-state index is 12.8. The fourth-order valence-electron chi connectivity index (χ4n) is 9.45. The van der Waals surface area contributed by atoms with Crippen molar-refractivity contribution in [1.82, 2.24) is 9.80 Å². The average molecular weight is 443 g/mol. The van der Waals surface area contributed by atoms with Gasteiger partial charge < -0.3 is 14.9 Å². The van der Waals surface area contributed by atoms with E-state index < -0.39 is 6.10 Å². The molecule has 5 aliphatic rings. The minimum absolute atomic E-state index is 0.0318. The number of hydrogen-bond acceptors (Lipinski definition) is 3. The van der Waals surface area contributed by atoms with E-state index in [-0.39, 0.29) is 17.9 Å². The zero-order valence-corrected chi connectivity index (χ0v) is 21.3. The van der Waals surface area contributed by atoms with Gasteiger partial charge in [-0.25, -0.2) is 0 Å². The third kappa shape index (κ3) is 3.11. The highest BCUT2D eigenvalue weighted by Crippen LogP contribution is 2.68. The van der Waals surface area contributed by atoms with E-state index in [1.54, 1.807) is 5.57 Å². The number of rotatable bonds is 3. The van der Waals surface area contributed by atoms with Gasteiger partial charge in [0, 0.05) is 25.7 Å². The molecule has 9 atom stereocenters. The summed E-state index contributed by atoms with van der Waals surface area (Å²) in [6, 6.07) is 0.994. The van der Waals surface area contributed by atoms with Gasteiger partial charge in [0.2, 0.25) is 0 Å². The molecule has 9 unspecified atom stereocenters. The van der Waals surface area contributed by atoms with Gasteiger partial charge in [-0.2, -0.15) is 0 Å². The second-order valence-corrected chi connectivity index (χ2v) is 12.9. The van der Waals surface area contributed by atoms with Crippen molar-refractivity contribution < 1.29 is 9.90 Å². The number of likely N-dealkylation sites (tertiary alicyclic amines) is 1. The van der Waals surface area contributed by atoms with E-state index >= 15 is 0 Å². The minimum atomic E-state index is -0.880. The van der Waals surface area contributed by atoms with E-state index in [0.29, 0.717) is 10.8 Å². The molecule has 1 heterocycles. The summed E-state index contributed by atoms with van der Waals surface area (Å²) in [7, 11) is 4.27. The highest BCUT2D eigenvalue weighted by Gasteiger charge is 2.64. The Balaban J connectivity index is 1.35. The number of amides is 1. The monoisotopic (exact) mass is 442 g/mol. The molecule has 180 valence electrons. The van der Waals surface area contributed by atoms with Gasteiger partial charge in [-0.1, -0.05) is 32.4 Å². The number of likely N-dealkylation sites (N-methyl/N-ethyl adjacent to an activating group) is 1. The highest BCUT2D eigenvalue weighted by atomic mass is 16.3. The average Bonchev–Trinajstić information content (AvgIpc) is 3.25. The smallest absolute Gasteiger partial charge is 0.251 e. The molecule has 0 aromatic carbocycles. The molecule has 0 radical (unpaired) electrons. The van der Waals surface area contributed by atoms with Crippen LogP contribution >= 0.6 is 0 Å². The minimum Gasteiger partial charge on any atom is -0.383 e. The van der Waals surface area contributed by atoms with E-state index in [2.05, 4.69) is 31.9 Å². The maximum Gasteiger partial charge on any atom is 0.251 e. The van der Waals surface area contributed by atoms with Crippen LogP contribution in [0.1, 0.15) is 79.1 Å². The van der Waals surface area contributed by atoms with Crippen molar-refractivity contribution in [3.63, 3.8) is 0 Å². The number of hydrogen-bond donors (Lipinski definition) is 1. The van der Waals surface area contributed by atoms with Crippen LogP contribution in [0.25, 0.3) is 0 Å². The predicted octanol–water partition coefficient (Wildman–Crippen LogP) is 4.72. The van der Waals surface area contributed by atoms with Crippen LogP contribution in [0.3, 0.4) is 0 Å². The first-order valence-electron chi connectivity index (χ1n) is 13.4. The second kappa shape index (κ2) is 7.83. The number of carbonyl (C=O) groups is 1. The molecular formula is C28H46N2O2. The molecule has 4 heteroatoms. The molecule has 4 aliphatic carbocycles. The first-order chi connectivity index (χ1) is 15.1. The van der Waals surface area contributed by atoms with Crippen molar-refractivity contribution in [1.29, 1.82) is 0 Å². The van der Waals surface area contributed by atoms with E-state index in [9.17, 15) is 9.90 Å². The Labute approximate surface area is 195 Å². The van der Waals surface area contributed by atoms with Gasteiger partial charge in [0.1, 0.15) is 6.10 Å². The zero-order valence-electron chi connectivity index (χ0n) is 21.3. The predicted molar refractivity (Wildman–Crippen MR) is 129 cm³/mol. The normalized spacial score (nSPS) is 46.7. The summed E-state index contributed by atoms with van der Waals surface area (Å²) in [4.78, 5) is 17.3. The summed E-state index contributed by atoms with van der Waals surface area (Å²) in [5, 5.41) is 10.3. The number of allylic oxidation sites excluding steroid dienone is 1. The first kappa shape index (κ1) is 22.9. The molecule has 1 saturated heterocycles. The van der Waals surface area contributed by atoms with Gasteiger partial charge in [-0.3, -0.25) is 4.79 Å². The second-order valence-electron chi connectivity index (χ2n) is 12.9. The zero-order chi connectivity index (χ0) is 23.0. The van der Waals surface area contributed by atoms with Gasteiger partial charge in [-0.15, -0.1) is 0 Å². The fourth-order valence-corrected chi connectivity index (χ4v) is 9.45. The van der Waals surface area contributed by atoms with Crippen molar-refractivity contribution in [2.75, 3.05) is 20.6 Å². The van der Waals surface area contributed by atoms with Crippen molar-refractivity contribution in [2.24, 2.45) is 40.4 Å². The number of nitrogens with zero attached hydrogens (tertiary/aromatic N) is 2. The Hall–Kier alpha value is -0.870. The Morgan fingerprint density at radius 3 is 2.59 bits per heavy atom. The Bertz CT molecular complexity index is 792. The number of fused-ring (bicyclic) bond motifs is 4. The standard InChI is InChI=1S/C28H46N2O2/c1-17(2)25(31)26(32)30(6)20-11-13-27(4)19(15-20)7-8-21-23(27)12-14-28-16-29(5)18(3)22(28)9-10-24(21)28/h7,17-18,20-25,31H,8-16H2,1-6H3. The van der Waals surface area contributed by atoms with Gasteiger partial charge in [0.25, 0.3) is 5.91 Å². The molecule has 32 heavy (non-hydrogen) atoms. The summed E-state index contributed by atoms with van der Waals surface area (Å²) in [5.41, 5.74) is 2.53. The third-order valence-corrected chi connectivity index (χ3v) is 11.5. The van der Waals surface area contributed by atoms with Crippen molar-refractivity contribution >= 4 is 5.91 Å². The van der Waals surface area contributed by atoms with Crippen LogP contribution in [0.5, 0.6) is 0 Å². The van der Waals surface area contributed by atoms with E-state index in [4.69, 9.17) is 0 Å². The lowest BCUT2D eigenvalue weighted by atomic mass is 9.47. The van der Waals surface area contributed by atoms with Crippen LogP contribution in [0, 0.1) is 40.4 Å². The van der Waals surface area contributed by atoms with Crippen molar-refractivity contribution in [3.8, 4) is 0 Å². The van der Waals surface area contributed by atoms with Gasteiger partial charge in [0.15, 0.2) is 0 Å². The fraction of sp³-hybridized carbons (Fsp3) is 0.893. The van der Waals surface area contributed by atoms with Gasteiger partial charge in [0.05, 0.1) is 0 Å². The quantitative estimate of drug-likeness (QED) is 0.643. The van der Waals surface area contributed by atoms with Crippen LogP contribution in [0.2, 0.25) is 0 Å². The van der Waals surface area contributed by atoms with E-state index in [1.165, 1.54) is 45.1 Å². The maximum atomic E-state index is 12.8. The van der Waals surface area contributed by atoms with Crippen LogP contribution in [-0.4, -0.2) is 59.6 Å². The SMILES string of the molecule is CC(C)C(O)C(=O)N(C)C1CCC2(C)C(=CCC3C2CCC24CN(C)C(C)C2CCC34)C1. The summed E-state index contributed by atoms with van der Waals surface area (Å²) >= 11 is 0. The molecule has 1 N–H and O–H groups in total. The largest absolute Gasteiger partial charge is 0.383 e. The molecular weight excluding hydrogens is 396 g/mol. The Morgan fingerprint density at radius 1 is 1.16 bits per heavy atom. The lowest BCUT2D eigenvalue weighted by Gasteiger charge is -2.58. The van der Waals surface area contributed by atoms with E-state index in [1.807, 2.05) is 25.8 Å². The number of aliphatic hydroxyl groups is 1. The van der Waals surface area contributed by atoms with Crippen LogP contribution in [0.4, 0.5) is 0 Å². The van der Waals surface area contributed by atoms with Gasteiger partial charge >= 0.3 is 0 Å². The number of carbonyl (C=O) groups excluding carboxylic acids is 1. The molecule has 0 aromatic heterocycles. The van der Waals surface area contributed by atoms with E-state index in [0.717, 1.165) is 42.6 Å². The van der Waals surface area contributed by atoms with Crippen LogP contribution in [-0.2, 0) is 4.79 Å². The Kier molecular flexibility index (Phi) is 5.61. The summed E-state index contributed by atoms with van der Waals surface area (Å²) in [5.74, 6) is 3.38. The molecule has 5 rings (SSSR count).